The molecule has 2 N–H and O–H groups in total. The van der Waals surface area contributed by atoms with Crippen molar-refractivity contribution < 1.29 is 19.4 Å². The summed E-state index contributed by atoms with van der Waals surface area (Å²) in [4.78, 5) is 14.4. The Morgan fingerprint density at radius 2 is 1.96 bits per heavy atom. The molecule has 0 saturated carbocycles. The molecular formula is C18H15NO4. The molecular weight excluding hydrogens is 294 g/mol. The molecule has 1 aromatic heterocycles. The number of carboxylic acids is 1. The zero-order valence-corrected chi connectivity index (χ0v) is 12.3. The van der Waals surface area contributed by atoms with E-state index in [0.29, 0.717) is 12.2 Å². The zero-order valence-electron chi connectivity index (χ0n) is 12.3. The summed E-state index contributed by atoms with van der Waals surface area (Å²) in [6.45, 7) is 0.233. The van der Waals surface area contributed by atoms with Gasteiger partial charge in [-0.25, -0.2) is 0 Å². The number of ether oxygens (including phenoxy) is 2. The molecule has 116 valence electrons. The largest absolute Gasteiger partial charge is 0.481 e. The molecule has 3 aromatic rings. The van der Waals surface area contributed by atoms with Crippen molar-refractivity contribution in [3.63, 3.8) is 0 Å². The molecule has 1 aliphatic rings. The van der Waals surface area contributed by atoms with Crippen LogP contribution in [0.15, 0.2) is 42.5 Å². The quantitative estimate of drug-likeness (QED) is 0.772. The van der Waals surface area contributed by atoms with E-state index in [-0.39, 0.29) is 13.2 Å². The third-order valence-electron chi connectivity index (χ3n) is 4.06. The van der Waals surface area contributed by atoms with Gasteiger partial charge in [-0.3, -0.25) is 4.79 Å². The third kappa shape index (κ3) is 2.40. The molecule has 0 atom stereocenters. The van der Waals surface area contributed by atoms with Gasteiger partial charge in [0.25, 0.3) is 0 Å². The van der Waals surface area contributed by atoms with E-state index in [1.807, 2.05) is 42.5 Å². The van der Waals surface area contributed by atoms with E-state index in [1.54, 1.807) is 0 Å². The fraction of sp³-hybridized carbons (Fsp3) is 0.167. The Morgan fingerprint density at radius 1 is 1.13 bits per heavy atom. The Hall–Kier alpha value is -2.95. The number of carboxylic acid groups (broad SMARTS) is 1. The van der Waals surface area contributed by atoms with Crippen molar-refractivity contribution in [2.45, 2.75) is 12.8 Å². The van der Waals surface area contributed by atoms with Crippen LogP contribution in [0.3, 0.4) is 0 Å². The summed E-state index contributed by atoms with van der Waals surface area (Å²) < 4.78 is 10.8. The van der Waals surface area contributed by atoms with Crippen LogP contribution in [0, 0.1) is 0 Å². The summed E-state index contributed by atoms with van der Waals surface area (Å²) in [6, 6.07) is 13.7. The molecule has 0 spiro atoms. The lowest BCUT2D eigenvalue weighted by Crippen LogP contribution is -1.98. The Morgan fingerprint density at radius 3 is 2.83 bits per heavy atom. The van der Waals surface area contributed by atoms with E-state index < -0.39 is 5.97 Å². The molecule has 5 heteroatoms. The van der Waals surface area contributed by atoms with Gasteiger partial charge in [-0.15, -0.1) is 0 Å². The van der Waals surface area contributed by atoms with E-state index in [2.05, 4.69) is 4.98 Å². The maximum Gasteiger partial charge on any atom is 0.303 e. The molecule has 0 bridgehead atoms. The van der Waals surface area contributed by atoms with E-state index >= 15 is 0 Å². The van der Waals surface area contributed by atoms with Crippen molar-refractivity contribution in [2.24, 2.45) is 0 Å². The van der Waals surface area contributed by atoms with Gasteiger partial charge in [0.15, 0.2) is 11.5 Å². The Labute approximate surface area is 132 Å². The van der Waals surface area contributed by atoms with Crippen molar-refractivity contribution in [3.8, 4) is 22.8 Å². The molecule has 0 aliphatic carbocycles. The highest BCUT2D eigenvalue weighted by Gasteiger charge is 2.18. The molecule has 0 amide bonds. The molecule has 0 saturated heterocycles. The minimum Gasteiger partial charge on any atom is -0.481 e. The lowest BCUT2D eigenvalue weighted by atomic mass is 10.0. The second kappa shape index (κ2) is 5.35. The summed E-state index contributed by atoms with van der Waals surface area (Å²) in [5.74, 6) is 0.647. The Kier molecular flexibility index (Phi) is 3.19. The lowest BCUT2D eigenvalue weighted by molar-refractivity contribution is -0.136. The number of aromatic nitrogens is 1. The Balaban J connectivity index is 1.85. The van der Waals surface area contributed by atoms with E-state index in [4.69, 9.17) is 14.6 Å². The van der Waals surface area contributed by atoms with Crippen molar-refractivity contribution in [2.75, 3.05) is 6.79 Å². The third-order valence-corrected chi connectivity index (χ3v) is 4.06. The first kappa shape index (κ1) is 13.7. The molecule has 0 unspecified atom stereocenters. The number of carbonyl (C=O) groups is 1. The van der Waals surface area contributed by atoms with Gasteiger partial charge in [-0.2, -0.15) is 0 Å². The van der Waals surface area contributed by atoms with Gasteiger partial charge in [-0.1, -0.05) is 18.2 Å². The average molecular weight is 309 g/mol. The van der Waals surface area contributed by atoms with Crippen LogP contribution >= 0.6 is 0 Å². The fourth-order valence-electron chi connectivity index (χ4n) is 2.99. The van der Waals surface area contributed by atoms with Gasteiger partial charge >= 0.3 is 5.97 Å². The number of aryl methyl sites for hydroxylation is 1. The number of aliphatic carboxylic acids is 1. The highest BCUT2D eigenvalue weighted by molar-refractivity contribution is 5.91. The van der Waals surface area contributed by atoms with E-state index in [9.17, 15) is 4.79 Å². The normalized spacial score (nSPS) is 12.7. The number of nitrogens with one attached hydrogen (secondary N) is 1. The van der Waals surface area contributed by atoms with Crippen LogP contribution in [0.25, 0.3) is 22.2 Å². The van der Waals surface area contributed by atoms with Crippen molar-refractivity contribution in [3.05, 3.63) is 48.0 Å². The van der Waals surface area contributed by atoms with Crippen LogP contribution in [0.2, 0.25) is 0 Å². The van der Waals surface area contributed by atoms with E-state index in [0.717, 1.165) is 33.5 Å². The highest BCUT2D eigenvalue weighted by Crippen LogP contribution is 2.38. The second-order valence-corrected chi connectivity index (χ2v) is 5.49. The topological polar surface area (TPSA) is 71.6 Å². The number of hydrogen-bond donors (Lipinski definition) is 2. The van der Waals surface area contributed by atoms with Crippen LogP contribution in [0.4, 0.5) is 0 Å². The van der Waals surface area contributed by atoms with Gasteiger partial charge < -0.3 is 19.6 Å². The van der Waals surface area contributed by atoms with Crippen molar-refractivity contribution in [1.82, 2.24) is 4.98 Å². The molecule has 2 aromatic carbocycles. The number of fused-ring (bicyclic) bond motifs is 2. The first-order chi connectivity index (χ1) is 11.2. The summed E-state index contributed by atoms with van der Waals surface area (Å²) in [7, 11) is 0. The monoisotopic (exact) mass is 309 g/mol. The van der Waals surface area contributed by atoms with Gasteiger partial charge in [-0.05, 0) is 36.2 Å². The second-order valence-electron chi connectivity index (χ2n) is 5.49. The maximum absolute atomic E-state index is 11.0. The summed E-state index contributed by atoms with van der Waals surface area (Å²) in [5.41, 5.74) is 3.92. The SMILES string of the molecule is O=C(O)CCc1c(-c2ccc3c(c2)OCO3)[nH]c2ccccc12. The number of rotatable bonds is 4. The predicted octanol–water partition coefficient (Wildman–Crippen LogP) is 3.58. The lowest BCUT2D eigenvalue weighted by Gasteiger charge is -2.05. The number of aromatic amines is 1. The van der Waals surface area contributed by atoms with Gasteiger partial charge in [0.1, 0.15) is 0 Å². The molecule has 2 heterocycles. The smallest absolute Gasteiger partial charge is 0.303 e. The molecule has 23 heavy (non-hydrogen) atoms. The van der Waals surface area contributed by atoms with Crippen molar-refractivity contribution >= 4 is 16.9 Å². The summed E-state index contributed by atoms with van der Waals surface area (Å²) >= 11 is 0. The van der Waals surface area contributed by atoms with Crippen LogP contribution in [0.1, 0.15) is 12.0 Å². The van der Waals surface area contributed by atoms with Crippen LogP contribution < -0.4 is 9.47 Å². The van der Waals surface area contributed by atoms with Gasteiger partial charge in [0.05, 0.1) is 0 Å². The number of hydrogen-bond acceptors (Lipinski definition) is 3. The molecule has 0 fully saturated rings. The highest BCUT2D eigenvalue weighted by atomic mass is 16.7. The molecule has 5 nitrogen and oxygen atoms in total. The van der Waals surface area contributed by atoms with Crippen molar-refractivity contribution in [1.29, 1.82) is 0 Å². The molecule has 0 radical (unpaired) electrons. The first-order valence-corrected chi connectivity index (χ1v) is 7.44. The van der Waals surface area contributed by atoms with Gasteiger partial charge in [0.2, 0.25) is 6.79 Å². The number of para-hydroxylation sites is 1. The minimum atomic E-state index is -0.799. The van der Waals surface area contributed by atoms with Crippen LogP contribution in [-0.4, -0.2) is 22.9 Å². The van der Waals surface area contributed by atoms with Gasteiger partial charge in [0, 0.05) is 28.6 Å². The van der Waals surface area contributed by atoms with E-state index in [1.165, 1.54) is 0 Å². The first-order valence-electron chi connectivity index (χ1n) is 7.44. The standard InChI is InChI=1S/C18H15NO4/c20-17(21)8-6-13-12-3-1-2-4-14(12)19-18(13)11-5-7-15-16(9-11)23-10-22-15/h1-5,7,9,19H,6,8,10H2,(H,20,21). The maximum atomic E-state index is 11.0. The Bertz CT molecular complexity index is 897. The average Bonchev–Trinajstić information content (AvgIpc) is 3.16. The fourth-order valence-corrected chi connectivity index (χ4v) is 2.99. The number of benzene rings is 2. The predicted molar refractivity (Wildman–Crippen MR) is 85.8 cm³/mol. The zero-order chi connectivity index (χ0) is 15.8. The summed E-state index contributed by atoms with van der Waals surface area (Å²) in [6.07, 6.45) is 0.572. The van der Waals surface area contributed by atoms with Crippen LogP contribution in [-0.2, 0) is 11.2 Å². The molecule has 4 rings (SSSR count). The molecule has 1 aliphatic heterocycles. The number of H-pyrrole nitrogens is 1. The minimum absolute atomic E-state index is 0.0966. The summed E-state index contributed by atoms with van der Waals surface area (Å²) in [5, 5.41) is 10.1. The van der Waals surface area contributed by atoms with Crippen LogP contribution in [0.5, 0.6) is 11.5 Å².